The van der Waals surface area contributed by atoms with Crippen molar-refractivity contribution >= 4 is 92.4 Å². The lowest BCUT2D eigenvalue weighted by molar-refractivity contribution is -0.929. The van der Waals surface area contributed by atoms with Crippen molar-refractivity contribution in [1.29, 1.82) is 0 Å². The Labute approximate surface area is 680 Å². The first kappa shape index (κ1) is 101. The van der Waals surface area contributed by atoms with Crippen LogP contribution in [0.3, 0.4) is 0 Å². The van der Waals surface area contributed by atoms with Gasteiger partial charge in [-0.25, -0.2) is 64.2 Å². The number of halogens is 12. The highest BCUT2D eigenvalue weighted by molar-refractivity contribution is 8.00. The van der Waals surface area contributed by atoms with E-state index in [4.69, 9.17) is 29.8 Å². The Morgan fingerprint density at radius 3 is 1.11 bits per heavy atom. The first-order valence-corrected chi connectivity index (χ1v) is 42.7. The van der Waals surface area contributed by atoms with E-state index in [0.29, 0.717) is 51.3 Å². The molecule has 0 radical (unpaired) electrons. The third-order valence-electron chi connectivity index (χ3n) is 20.2. The molecule has 0 amide bonds. The highest BCUT2D eigenvalue weighted by Crippen LogP contribution is 2.43. The number of alkyl halides is 11. The van der Waals surface area contributed by atoms with Crippen LogP contribution in [-0.2, 0) is 57.1 Å². The number of quaternary nitrogens is 1. The summed E-state index contributed by atoms with van der Waals surface area (Å²) >= 11 is 4.64. The average molecular weight is 1780 g/mol. The number of anilines is 1. The maximum Gasteiger partial charge on any atom is 0.524 e. The summed E-state index contributed by atoms with van der Waals surface area (Å²) in [6.45, 7) is 31.4. The van der Waals surface area contributed by atoms with Gasteiger partial charge >= 0.3 is 46.9 Å². The van der Waals surface area contributed by atoms with Gasteiger partial charge in [-0.15, -0.1) is 15.2 Å². The number of rotatable bonds is 24. The summed E-state index contributed by atoms with van der Waals surface area (Å²) in [6, 6.07) is 0. The van der Waals surface area contributed by atoms with Crippen LogP contribution in [0.4, 0.5) is 49.7 Å². The normalized spacial score (nSPS) is 24.8. The summed E-state index contributed by atoms with van der Waals surface area (Å²) in [6.07, 6.45) is 16.5. The number of aryl methyl sites for hydroxylation is 3. The van der Waals surface area contributed by atoms with Crippen LogP contribution >= 0.6 is 11.6 Å². The number of aliphatic hydroxyl groups is 4. The Hall–Kier alpha value is -7.07. The van der Waals surface area contributed by atoms with Crippen LogP contribution in [0.25, 0.3) is 44.7 Å². The molecule has 668 valence electrons. The third kappa shape index (κ3) is 23.8. The van der Waals surface area contributed by atoms with Gasteiger partial charge < -0.3 is 54.3 Å². The fraction of sp³-hybridized carbons (Fsp3) is 0.710. The summed E-state index contributed by atoms with van der Waals surface area (Å²) < 4.78 is 221. The number of nitrogen functional groups attached to an aromatic ring is 1. The van der Waals surface area contributed by atoms with E-state index in [2.05, 4.69) is 110 Å². The van der Waals surface area contributed by atoms with Crippen LogP contribution in [0.1, 0.15) is 182 Å². The Morgan fingerprint density at radius 1 is 0.449 bits per heavy atom. The molecular formula is C69H104ClF11N18O16S3. The smallest absolute Gasteiger partial charge is 0.524 e. The Balaban J connectivity index is 0.000000253. The number of nitrogens with two attached hydrogens (primary N) is 1. The number of hydrogen-bond donors (Lipinski definition) is 5. The molecule has 4 aliphatic heterocycles. The first-order chi connectivity index (χ1) is 54.9. The minimum atomic E-state index is -6.85. The molecule has 118 heavy (non-hydrogen) atoms. The van der Waals surface area contributed by atoms with Crippen molar-refractivity contribution in [2.45, 2.75) is 257 Å². The maximum atomic E-state index is 14.4. The second kappa shape index (κ2) is 43.6. The average Bonchev–Trinajstić information content (AvgIpc) is 1.62. The molecule has 4 saturated heterocycles. The molecule has 0 aromatic carbocycles. The number of ether oxygens (including phenoxy) is 4. The van der Waals surface area contributed by atoms with E-state index in [-0.39, 0.29) is 34.6 Å². The van der Waals surface area contributed by atoms with Crippen LogP contribution in [0.15, 0.2) is 50.6 Å². The van der Waals surface area contributed by atoms with Crippen molar-refractivity contribution in [3.63, 3.8) is 0 Å². The minimum Gasteiger partial charge on any atom is -1.00 e. The van der Waals surface area contributed by atoms with E-state index >= 15 is 0 Å². The molecule has 6 N–H and O–H groups in total. The Kier molecular flexibility index (Phi) is 37.5. The van der Waals surface area contributed by atoms with Crippen molar-refractivity contribution in [2.24, 2.45) is 17.8 Å². The third-order valence-corrected chi connectivity index (χ3v) is 23.8. The predicted octanol–water partition coefficient (Wildman–Crippen LogP) is 7.75. The lowest BCUT2D eigenvalue weighted by atomic mass is 9.99. The number of fused-ring (bicyclic) bond motifs is 4. The molecule has 49 heteroatoms. The van der Waals surface area contributed by atoms with Gasteiger partial charge in [0.15, 0.2) is 59.5 Å². The molecule has 16 atom stereocenters. The molecule has 12 heterocycles. The lowest BCUT2D eigenvalue weighted by Crippen LogP contribution is -3.00. The topological polar surface area (TPSA) is 439 Å². The summed E-state index contributed by atoms with van der Waals surface area (Å²) in [5.74, 6) is -0.385. The van der Waals surface area contributed by atoms with Crippen molar-refractivity contribution in [3.8, 4) is 0 Å². The highest BCUT2D eigenvalue weighted by Gasteiger charge is 2.58. The molecule has 0 saturated carbocycles. The molecule has 34 nitrogen and oxygen atoms in total. The Bertz CT molecular complexity index is 4480. The van der Waals surface area contributed by atoms with Gasteiger partial charge in [-0.2, -0.15) is 64.8 Å². The van der Waals surface area contributed by atoms with Crippen LogP contribution in [0.5, 0.6) is 0 Å². The first-order valence-electron chi connectivity index (χ1n) is 37.7. The van der Waals surface area contributed by atoms with Crippen LogP contribution in [0, 0.1) is 38.5 Å². The van der Waals surface area contributed by atoms with Gasteiger partial charge in [-0.1, -0.05) is 94.9 Å². The molecule has 4 fully saturated rings. The van der Waals surface area contributed by atoms with Crippen molar-refractivity contribution in [1.82, 2.24) is 78.1 Å². The highest BCUT2D eigenvalue weighted by atomic mass is 35.5. The second-order valence-corrected chi connectivity index (χ2v) is 32.9. The van der Waals surface area contributed by atoms with E-state index in [1.54, 1.807) is 42.6 Å². The number of unbranched alkanes of at least 4 members (excludes halogenated alkanes) is 4. The molecule has 8 aromatic heterocycles. The summed E-state index contributed by atoms with van der Waals surface area (Å²) in [4.78, 5) is 49.4. The standard InChI is InChI=1S/C16H36N.C14H17F3N4O4S.C13H17FN4O.C13H18N4O2.C10H13N5O4.C2F6O5S2.CH3Cl.FH/c1-5-9-13-17(14-10-6-2,15-11-7-3)16-12-8-4;1-4-9-7(2)11(25-26(22,23)14(15,16)17)13(24-9)21-6-20-10-8(3)18-5-19-12(10)21;1-4-9-7(2)10(14)13(19-9)18-6-17-11-8(3)15-5-16-12(11)18;1-4-9-7(2)11(18)13(19-9)17-6-16-10-8(3)14-5-15-12(10)17;11-8-5-9(13-2-12-8)15(3-14-5)10-7(18)6(17)4(1-16)19-10;3-1(4,5)14(9,10)13-15(11,12)2(6,7)8;1-2;/h5-16H2,1-4H3;5-7,9,11,13H,4H2,1-3H3;5-7,9-10,13H,4H2,1-3H3;5-7,9,11,13,18H,4H2,1-3H3;2-4,6-7,10,16-18H,1H2,(H2,11,12,13);;1H3;1H/q+1;;;;;;;/p-1/t;7-,9-,11-,13-;7-,9-,10+,13-;7-,9-,11-,13-;4-,6-,7-,10-;;;/m.1111.../s1. The fourth-order valence-corrected chi connectivity index (χ4v) is 15.7. The number of imidazole rings is 4. The van der Waals surface area contributed by atoms with E-state index in [9.17, 15) is 84.5 Å². The van der Waals surface area contributed by atoms with Gasteiger partial charge in [-0.3, -0.25) is 22.5 Å². The van der Waals surface area contributed by atoms with Crippen LogP contribution in [0.2, 0.25) is 0 Å². The molecule has 8 aromatic rings. The predicted molar refractivity (Wildman–Crippen MR) is 406 cm³/mol. The van der Waals surface area contributed by atoms with Crippen molar-refractivity contribution in [3.05, 3.63) is 67.7 Å². The summed E-state index contributed by atoms with van der Waals surface area (Å²) in [7, 11) is -19.5. The minimum absolute atomic E-state index is 0. The van der Waals surface area contributed by atoms with E-state index in [0.717, 1.165) is 29.7 Å². The van der Waals surface area contributed by atoms with Crippen molar-refractivity contribution < 1.29 is 126 Å². The van der Waals surface area contributed by atoms with Crippen molar-refractivity contribution in [2.75, 3.05) is 44.9 Å². The molecule has 12 rings (SSSR count). The molecular weight excluding hydrogens is 1680 g/mol. The molecule has 0 unspecified atom stereocenters. The van der Waals surface area contributed by atoms with E-state index in [1.165, 1.54) is 136 Å². The lowest BCUT2D eigenvalue weighted by Gasteiger charge is -2.39. The quantitative estimate of drug-likeness (QED) is 0.0127. The number of nitrogens with zero attached hydrogens (tertiary/aromatic N) is 17. The monoisotopic (exact) mass is 1780 g/mol. The van der Waals surface area contributed by atoms with Crippen LogP contribution < -0.4 is 10.4 Å². The van der Waals surface area contributed by atoms with Gasteiger partial charge in [0.2, 0.25) is 0 Å². The van der Waals surface area contributed by atoms with Crippen LogP contribution in [-0.4, -0.2) is 239 Å². The number of aliphatic hydroxyl groups excluding tert-OH is 4. The fourth-order valence-electron chi connectivity index (χ4n) is 13.4. The summed E-state index contributed by atoms with van der Waals surface area (Å²) in [5.41, 5.74) is -5.83. The Morgan fingerprint density at radius 2 is 0.763 bits per heavy atom. The summed E-state index contributed by atoms with van der Waals surface area (Å²) in [5, 5.41) is 39.1. The van der Waals surface area contributed by atoms with Gasteiger partial charge in [0, 0.05) is 24.1 Å². The van der Waals surface area contributed by atoms with Gasteiger partial charge in [0.25, 0.3) is 0 Å². The van der Waals surface area contributed by atoms with Gasteiger partial charge in [0.05, 0.1) is 93.5 Å². The number of aromatic nitrogens is 16. The van der Waals surface area contributed by atoms with E-state index < -0.39 is 127 Å². The molecule has 0 bridgehead atoms. The largest absolute Gasteiger partial charge is 1.00 e. The SMILES string of the molecule is CCCC[N+](CCCC)(CCCC)CCCC.CC[C@H]1O[C@@H](n2cnc3c(C)ncnc32)[C@@H](F)[C@@H]1C.CC[C@H]1O[C@@H](n2cnc3c(C)ncnc32)[C@H](O)[C@@H]1C.CC[C@H]1O[C@@H](n2cnc3c(C)ncnc32)[C@H](OS(=O)(=O)C(F)(F)F)[C@@H]1C.CCl.Nc1ncnc2c1ncn2[C@@H]1O[C@H](CO)[C@@H](O)[C@H]1O.O=S(=O)(OS(=O)(=O)C(F)(F)F)C(F)(F)F.[F-]. The van der Waals surface area contributed by atoms with E-state index in [1.807, 2.05) is 38.2 Å². The molecule has 4 aliphatic rings. The molecule has 0 aliphatic carbocycles. The maximum absolute atomic E-state index is 14.4. The molecule has 0 spiro atoms. The van der Waals surface area contributed by atoms with Gasteiger partial charge in [-0.05, 0) is 65.7 Å². The number of hydrogen-bond acceptors (Lipinski definition) is 29. The second-order valence-electron chi connectivity index (χ2n) is 28.1. The zero-order valence-corrected chi connectivity index (χ0v) is 70.5. The zero-order chi connectivity index (χ0) is 87.7. The zero-order valence-electron chi connectivity index (χ0n) is 67.3. The van der Waals surface area contributed by atoms with Gasteiger partial charge in [0.1, 0.15) is 77.9 Å².